The number of thiophene rings is 1. The molecule has 0 aliphatic carbocycles. The minimum atomic E-state index is -3.74. The first-order valence-corrected chi connectivity index (χ1v) is 10.3. The molecule has 2 heterocycles. The Morgan fingerprint density at radius 3 is 2.60 bits per heavy atom. The third-order valence-electron chi connectivity index (χ3n) is 4.08. The summed E-state index contributed by atoms with van der Waals surface area (Å²) in [5, 5.41) is 10.9. The highest BCUT2D eigenvalue weighted by Gasteiger charge is 2.29. The molecule has 0 bridgehead atoms. The van der Waals surface area contributed by atoms with Crippen LogP contribution in [-0.4, -0.2) is 43.1 Å². The van der Waals surface area contributed by atoms with Crippen molar-refractivity contribution in [2.24, 2.45) is 0 Å². The summed E-state index contributed by atoms with van der Waals surface area (Å²) in [6.07, 6.45) is 1.67. The van der Waals surface area contributed by atoms with E-state index in [1.807, 2.05) is 17.5 Å². The van der Waals surface area contributed by atoms with Gasteiger partial charge in [-0.2, -0.15) is 4.31 Å². The lowest BCUT2D eigenvalue weighted by Crippen LogP contribution is -2.36. The largest absolute Gasteiger partial charge is 0.478 e. The molecule has 0 unspecified atom stereocenters. The molecule has 0 saturated carbocycles. The van der Waals surface area contributed by atoms with E-state index in [4.69, 9.17) is 9.84 Å². The fourth-order valence-corrected chi connectivity index (χ4v) is 5.01. The zero-order valence-corrected chi connectivity index (χ0v) is 15.1. The molecule has 3 rings (SSSR count). The van der Waals surface area contributed by atoms with Crippen molar-refractivity contribution in [1.29, 1.82) is 0 Å². The van der Waals surface area contributed by atoms with Gasteiger partial charge in [-0.05, 0) is 48.6 Å². The van der Waals surface area contributed by atoms with E-state index >= 15 is 0 Å². The summed E-state index contributed by atoms with van der Waals surface area (Å²) in [7, 11) is -3.74. The molecule has 1 atom stereocenters. The average molecular weight is 381 g/mol. The lowest BCUT2D eigenvalue weighted by atomic mass is 10.2. The predicted octanol–water partition coefficient (Wildman–Crippen LogP) is 2.82. The molecule has 134 valence electrons. The summed E-state index contributed by atoms with van der Waals surface area (Å²) >= 11 is 1.50. The fourth-order valence-electron chi connectivity index (χ4n) is 2.76. The Balaban J connectivity index is 1.87. The molecule has 0 amide bonds. The Labute approximate surface area is 150 Å². The van der Waals surface area contributed by atoms with Gasteiger partial charge in [0.25, 0.3) is 0 Å². The first-order chi connectivity index (χ1) is 12.0. The van der Waals surface area contributed by atoms with Gasteiger partial charge < -0.3 is 9.84 Å². The molecule has 1 aromatic carbocycles. The van der Waals surface area contributed by atoms with Crippen LogP contribution in [-0.2, 0) is 21.3 Å². The van der Waals surface area contributed by atoms with E-state index in [2.05, 4.69) is 0 Å². The van der Waals surface area contributed by atoms with Crippen LogP contribution in [0.4, 0.5) is 0 Å². The van der Waals surface area contributed by atoms with Crippen molar-refractivity contribution in [1.82, 2.24) is 4.31 Å². The van der Waals surface area contributed by atoms with Crippen LogP contribution in [0.3, 0.4) is 0 Å². The van der Waals surface area contributed by atoms with Crippen LogP contribution in [0, 0.1) is 0 Å². The maximum absolute atomic E-state index is 13.1. The Bertz CT molecular complexity index is 809. The van der Waals surface area contributed by atoms with Crippen LogP contribution >= 0.6 is 11.3 Å². The molecule has 1 aliphatic heterocycles. The molecule has 1 aromatic heterocycles. The van der Waals surface area contributed by atoms with Gasteiger partial charge in [-0.25, -0.2) is 13.2 Å². The molecule has 8 heteroatoms. The minimum Gasteiger partial charge on any atom is -0.478 e. The number of hydrogen-bond acceptors (Lipinski definition) is 5. The van der Waals surface area contributed by atoms with Crippen LogP contribution < -0.4 is 0 Å². The number of benzene rings is 1. The quantitative estimate of drug-likeness (QED) is 0.797. The summed E-state index contributed by atoms with van der Waals surface area (Å²) in [4.78, 5) is 12.0. The Hall–Kier alpha value is -1.74. The molecule has 1 saturated heterocycles. The first-order valence-electron chi connectivity index (χ1n) is 7.94. The topological polar surface area (TPSA) is 83.9 Å². The van der Waals surface area contributed by atoms with Crippen molar-refractivity contribution in [3.8, 4) is 0 Å². The number of ether oxygens (including phenoxy) is 1. The van der Waals surface area contributed by atoms with Crippen LogP contribution in [0.5, 0.6) is 0 Å². The first kappa shape index (κ1) is 18.1. The molecule has 6 nitrogen and oxygen atoms in total. The zero-order chi connectivity index (χ0) is 17.9. The van der Waals surface area contributed by atoms with Crippen molar-refractivity contribution in [2.45, 2.75) is 30.4 Å². The van der Waals surface area contributed by atoms with Crippen LogP contribution in [0.25, 0.3) is 0 Å². The fraction of sp³-hybridized carbons (Fsp3) is 0.353. The predicted molar refractivity (Wildman–Crippen MR) is 94.3 cm³/mol. The van der Waals surface area contributed by atoms with E-state index in [1.54, 1.807) is 0 Å². The maximum atomic E-state index is 13.1. The van der Waals surface area contributed by atoms with Crippen molar-refractivity contribution in [2.75, 3.05) is 13.2 Å². The van der Waals surface area contributed by atoms with Gasteiger partial charge in [0, 0.05) is 24.6 Å². The van der Waals surface area contributed by atoms with Crippen molar-refractivity contribution < 1.29 is 23.1 Å². The van der Waals surface area contributed by atoms with Gasteiger partial charge in [0.15, 0.2) is 0 Å². The standard InChI is InChI=1S/C17H19NO5S2/c19-17(20)13-5-7-16(8-6-13)25(21,22)18(11-14-3-1-9-23-14)12-15-4-2-10-24-15/h2,4-8,10,14H,1,3,9,11-12H2,(H,19,20)/t14-/m0/s1. The zero-order valence-electron chi connectivity index (χ0n) is 13.5. The number of nitrogens with zero attached hydrogens (tertiary/aromatic N) is 1. The summed E-state index contributed by atoms with van der Waals surface area (Å²) in [6, 6.07) is 9.09. The molecule has 0 radical (unpaired) electrons. The number of carboxylic acids is 1. The highest BCUT2D eigenvalue weighted by atomic mass is 32.2. The van der Waals surface area contributed by atoms with Crippen LogP contribution in [0.2, 0.25) is 0 Å². The van der Waals surface area contributed by atoms with Gasteiger partial charge in [-0.15, -0.1) is 11.3 Å². The molecule has 1 aliphatic rings. The SMILES string of the molecule is O=C(O)c1ccc(S(=O)(=O)N(Cc2cccs2)C[C@@H]2CCCO2)cc1. The summed E-state index contributed by atoms with van der Waals surface area (Å²) < 4.78 is 33.1. The number of aromatic carboxylic acids is 1. The van der Waals surface area contributed by atoms with Gasteiger partial charge in [0.2, 0.25) is 10.0 Å². The summed E-state index contributed by atoms with van der Waals surface area (Å²) in [6.45, 7) is 1.23. The van der Waals surface area contributed by atoms with Gasteiger partial charge in [0.05, 0.1) is 16.6 Å². The van der Waals surface area contributed by atoms with E-state index < -0.39 is 16.0 Å². The van der Waals surface area contributed by atoms with E-state index in [9.17, 15) is 13.2 Å². The maximum Gasteiger partial charge on any atom is 0.335 e. The second-order valence-corrected chi connectivity index (χ2v) is 8.81. The van der Waals surface area contributed by atoms with Crippen molar-refractivity contribution in [3.63, 3.8) is 0 Å². The molecular formula is C17H19NO5S2. The van der Waals surface area contributed by atoms with Crippen LogP contribution in [0.15, 0.2) is 46.7 Å². The smallest absolute Gasteiger partial charge is 0.335 e. The van der Waals surface area contributed by atoms with Gasteiger partial charge in [0.1, 0.15) is 0 Å². The molecule has 2 aromatic rings. The lowest BCUT2D eigenvalue weighted by Gasteiger charge is -2.24. The van der Waals surface area contributed by atoms with E-state index in [0.29, 0.717) is 13.2 Å². The van der Waals surface area contributed by atoms with Gasteiger partial charge >= 0.3 is 5.97 Å². The second kappa shape index (κ2) is 7.65. The summed E-state index contributed by atoms with van der Waals surface area (Å²) in [5.74, 6) is -1.08. The number of carboxylic acid groups (broad SMARTS) is 1. The van der Waals surface area contributed by atoms with Crippen molar-refractivity contribution >= 4 is 27.3 Å². The van der Waals surface area contributed by atoms with Gasteiger partial charge in [-0.1, -0.05) is 6.07 Å². The summed E-state index contributed by atoms with van der Waals surface area (Å²) in [5.41, 5.74) is 0.0582. The third-order valence-corrected chi connectivity index (χ3v) is 6.77. The molecular weight excluding hydrogens is 362 g/mol. The lowest BCUT2D eigenvalue weighted by molar-refractivity contribution is 0.0696. The van der Waals surface area contributed by atoms with E-state index in [0.717, 1.165) is 17.7 Å². The third kappa shape index (κ3) is 4.27. The normalized spacial score (nSPS) is 17.9. The highest BCUT2D eigenvalue weighted by Crippen LogP contribution is 2.24. The Kier molecular flexibility index (Phi) is 5.53. The number of hydrogen-bond donors (Lipinski definition) is 1. The minimum absolute atomic E-state index is 0.0582. The van der Waals surface area contributed by atoms with Crippen LogP contribution in [0.1, 0.15) is 28.1 Å². The number of carbonyl (C=O) groups is 1. The average Bonchev–Trinajstić information content (AvgIpc) is 3.28. The molecule has 1 N–H and O–H groups in total. The molecule has 1 fully saturated rings. The van der Waals surface area contributed by atoms with E-state index in [-0.39, 0.29) is 23.1 Å². The van der Waals surface area contributed by atoms with E-state index in [1.165, 1.54) is 39.9 Å². The molecule has 0 spiro atoms. The Morgan fingerprint density at radius 2 is 2.04 bits per heavy atom. The second-order valence-electron chi connectivity index (χ2n) is 5.84. The van der Waals surface area contributed by atoms with Gasteiger partial charge in [-0.3, -0.25) is 0 Å². The number of rotatable bonds is 7. The number of sulfonamides is 1. The Morgan fingerprint density at radius 1 is 1.28 bits per heavy atom. The monoisotopic (exact) mass is 381 g/mol. The highest BCUT2D eigenvalue weighted by molar-refractivity contribution is 7.89. The molecule has 25 heavy (non-hydrogen) atoms. The van der Waals surface area contributed by atoms with Crippen molar-refractivity contribution in [3.05, 3.63) is 52.2 Å².